The molecule has 0 spiro atoms. The minimum absolute atomic E-state index is 0.651. The van der Waals surface area contributed by atoms with Crippen LogP contribution in [0.5, 0.6) is 0 Å². The summed E-state index contributed by atoms with van der Waals surface area (Å²) in [4.78, 5) is 4.15. The molecule has 0 amide bonds. The Kier molecular flexibility index (Phi) is 3.41. The van der Waals surface area contributed by atoms with Crippen LogP contribution < -0.4 is 5.32 Å². The van der Waals surface area contributed by atoms with Crippen LogP contribution in [0.2, 0.25) is 5.02 Å². The molecule has 0 radical (unpaired) electrons. The van der Waals surface area contributed by atoms with Crippen LogP contribution >= 0.6 is 11.6 Å². The molecule has 0 aliphatic rings. The van der Waals surface area contributed by atoms with Crippen LogP contribution in [0, 0.1) is 0 Å². The number of halogens is 1. The van der Waals surface area contributed by atoms with Gasteiger partial charge in [-0.05, 0) is 24.1 Å². The lowest BCUT2D eigenvalue weighted by atomic mass is 10.2. The van der Waals surface area contributed by atoms with E-state index in [-0.39, 0.29) is 0 Å². The fourth-order valence-corrected chi connectivity index (χ4v) is 1.53. The van der Waals surface area contributed by atoms with Crippen molar-refractivity contribution in [2.24, 2.45) is 7.05 Å². The van der Waals surface area contributed by atoms with E-state index in [1.54, 1.807) is 10.9 Å². The van der Waals surface area contributed by atoms with Crippen LogP contribution in [0.1, 0.15) is 5.56 Å². The summed E-state index contributed by atoms with van der Waals surface area (Å²) >= 11 is 5.74. The van der Waals surface area contributed by atoms with Crippen LogP contribution in [0.25, 0.3) is 0 Å². The highest BCUT2D eigenvalue weighted by Gasteiger charge is 1.97. The molecule has 2 heterocycles. The zero-order valence-corrected chi connectivity index (χ0v) is 9.78. The van der Waals surface area contributed by atoms with E-state index in [0.717, 1.165) is 18.8 Å². The highest BCUT2D eigenvalue weighted by molar-refractivity contribution is 6.30. The number of hydrogen-bond acceptors (Lipinski definition) is 3. The normalized spacial score (nSPS) is 10.4. The Morgan fingerprint density at radius 1 is 1.38 bits per heavy atom. The Labute approximate surface area is 99.3 Å². The SMILES string of the molecule is Cn1cc(CCNc2ccc(Cl)cn2)cn1. The Morgan fingerprint density at radius 3 is 2.88 bits per heavy atom. The summed E-state index contributed by atoms with van der Waals surface area (Å²) in [6, 6.07) is 3.69. The largest absolute Gasteiger partial charge is 0.370 e. The summed E-state index contributed by atoms with van der Waals surface area (Å²) in [5, 5.41) is 7.98. The molecule has 1 N–H and O–H groups in total. The third-order valence-corrected chi connectivity index (χ3v) is 2.43. The van der Waals surface area contributed by atoms with Gasteiger partial charge in [-0.2, -0.15) is 5.10 Å². The molecule has 0 saturated carbocycles. The Morgan fingerprint density at radius 2 is 2.25 bits per heavy atom. The van der Waals surface area contributed by atoms with Crippen molar-refractivity contribution >= 4 is 17.4 Å². The predicted octanol–water partition coefficient (Wildman–Crippen LogP) is 2.12. The van der Waals surface area contributed by atoms with Gasteiger partial charge >= 0.3 is 0 Å². The van der Waals surface area contributed by atoms with E-state index in [4.69, 9.17) is 11.6 Å². The first-order chi connectivity index (χ1) is 7.74. The third-order valence-electron chi connectivity index (χ3n) is 2.21. The fraction of sp³-hybridized carbons (Fsp3) is 0.273. The first-order valence-electron chi connectivity index (χ1n) is 5.07. The van der Waals surface area contributed by atoms with Crippen LogP contribution in [0.3, 0.4) is 0 Å². The van der Waals surface area contributed by atoms with Crippen molar-refractivity contribution in [3.05, 3.63) is 41.3 Å². The van der Waals surface area contributed by atoms with E-state index in [0.29, 0.717) is 5.02 Å². The quantitative estimate of drug-likeness (QED) is 0.884. The van der Waals surface area contributed by atoms with E-state index < -0.39 is 0 Å². The molecule has 0 aromatic carbocycles. The molecule has 2 aromatic rings. The number of anilines is 1. The Bertz CT molecular complexity index is 449. The predicted molar refractivity (Wildman–Crippen MR) is 64.6 cm³/mol. The van der Waals surface area contributed by atoms with E-state index in [2.05, 4.69) is 15.4 Å². The van der Waals surface area contributed by atoms with Gasteiger partial charge in [0.1, 0.15) is 5.82 Å². The smallest absolute Gasteiger partial charge is 0.125 e. The zero-order chi connectivity index (χ0) is 11.4. The maximum Gasteiger partial charge on any atom is 0.125 e. The van der Waals surface area contributed by atoms with Gasteiger partial charge in [0.25, 0.3) is 0 Å². The highest BCUT2D eigenvalue weighted by Crippen LogP contribution is 2.09. The maximum atomic E-state index is 5.74. The third kappa shape index (κ3) is 2.97. The molecule has 0 fully saturated rings. The molecule has 5 heteroatoms. The van der Waals surface area contributed by atoms with Crippen molar-refractivity contribution in [1.82, 2.24) is 14.8 Å². The molecular formula is C11H13ClN4. The molecule has 0 atom stereocenters. The number of pyridine rings is 1. The zero-order valence-electron chi connectivity index (χ0n) is 9.02. The summed E-state index contributed by atoms with van der Waals surface area (Å²) in [5.74, 6) is 0.841. The van der Waals surface area contributed by atoms with Gasteiger partial charge in [-0.3, -0.25) is 4.68 Å². The van der Waals surface area contributed by atoms with Crippen LogP contribution in [-0.2, 0) is 13.5 Å². The monoisotopic (exact) mass is 236 g/mol. The second-order valence-electron chi connectivity index (χ2n) is 3.56. The van der Waals surface area contributed by atoms with Crippen molar-refractivity contribution < 1.29 is 0 Å². The van der Waals surface area contributed by atoms with Gasteiger partial charge in [0, 0.05) is 26.0 Å². The number of aromatic nitrogens is 3. The Balaban J connectivity index is 1.82. The molecule has 0 saturated heterocycles. The molecule has 0 aliphatic heterocycles. The molecule has 16 heavy (non-hydrogen) atoms. The van der Waals surface area contributed by atoms with Gasteiger partial charge in [-0.25, -0.2) is 4.98 Å². The average molecular weight is 237 g/mol. The van der Waals surface area contributed by atoms with Crippen molar-refractivity contribution in [3.8, 4) is 0 Å². The highest BCUT2D eigenvalue weighted by atomic mass is 35.5. The number of aryl methyl sites for hydroxylation is 1. The van der Waals surface area contributed by atoms with Crippen LogP contribution in [-0.4, -0.2) is 21.3 Å². The summed E-state index contributed by atoms with van der Waals surface area (Å²) in [6.45, 7) is 0.834. The van der Waals surface area contributed by atoms with Crippen molar-refractivity contribution in [1.29, 1.82) is 0 Å². The second-order valence-corrected chi connectivity index (χ2v) is 4.00. The van der Waals surface area contributed by atoms with E-state index in [1.807, 2.05) is 31.6 Å². The van der Waals surface area contributed by atoms with Gasteiger partial charge in [0.2, 0.25) is 0 Å². The summed E-state index contributed by atoms with van der Waals surface area (Å²) in [6.07, 6.45) is 6.44. The summed E-state index contributed by atoms with van der Waals surface area (Å²) in [5.41, 5.74) is 1.21. The summed E-state index contributed by atoms with van der Waals surface area (Å²) < 4.78 is 1.80. The number of hydrogen-bond donors (Lipinski definition) is 1. The van der Waals surface area contributed by atoms with Crippen molar-refractivity contribution in [2.75, 3.05) is 11.9 Å². The molecule has 0 bridgehead atoms. The molecule has 2 aromatic heterocycles. The first kappa shape index (κ1) is 11.0. The lowest BCUT2D eigenvalue weighted by Gasteiger charge is -2.03. The molecule has 2 rings (SSSR count). The fourth-order valence-electron chi connectivity index (χ4n) is 1.42. The van der Waals surface area contributed by atoms with Gasteiger partial charge in [0.05, 0.1) is 11.2 Å². The minimum Gasteiger partial charge on any atom is -0.370 e. The van der Waals surface area contributed by atoms with Crippen molar-refractivity contribution in [2.45, 2.75) is 6.42 Å². The first-order valence-corrected chi connectivity index (χ1v) is 5.45. The van der Waals surface area contributed by atoms with Gasteiger partial charge in [-0.1, -0.05) is 11.6 Å². The van der Waals surface area contributed by atoms with E-state index in [1.165, 1.54) is 5.56 Å². The lowest BCUT2D eigenvalue weighted by molar-refractivity contribution is 0.767. The lowest BCUT2D eigenvalue weighted by Crippen LogP contribution is -2.05. The van der Waals surface area contributed by atoms with Crippen LogP contribution in [0.4, 0.5) is 5.82 Å². The number of nitrogens with one attached hydrogen (secondary N) is 1. The standard InChI is InChI=1S/C11H13ClN4/c1-16-8-9(6-15-16)4-5-13-11-3-2-10(12)7-14-11/h2-3,6-8H,4-5H2,1H3,(H,13,14). The molecule has 0 aliphatic carbocycles. The number of nitrogens with zero attached hydrogens (tertiary/aromatic N) is 3. The van der Waals surface area contributed by atoms with Gasteiger partial charge < -0.3 is 5.32 Å². The Hall–Kier alpha value is -1.55. The molecular weight excluding hydrogens is 224 g/mol. The average Bonchev–Trinajstić information content (AvgIpc) is 2.67. The maximum absolute atomic E-state index is 5.74. The van der Waals surface area contributed by atoms with E-state index >= 15 is 0 Å². The van der Waals surface area contributed by atoms with Gasteiger partial charge in [0.15, 0.2) is 0 Å². The van der Waals surface area contributed by atoms with Gasteiger partial charge in [-0.15, -0.1) is 0 Å². The number of rotatable bonds is 4. The van der Waals surface area contributed by atoms with E-state index in [9.17, 15) is 0 Å². The van der Waals surface area contributed by atoms with Crippen LogP contribution in [0.15, 0.2) is 30.7 Å². The van der Waals surface area contributed by atoms with Crippen molar-refractivity contribution in [3.63, 3.8) is 0 Å². The summed E-state index contributed by atoms with van der Waals surface area (Å²) in [7, 11) is 1.91. The topological polar surface area (TPSA) is 42.7 Å². The second kappa shape index (κ2) is 4.99. The molecule has 4 nitrogen and oxygen atoms in total. The molecule has 84 valence electrons. The molecule has 0 unspecified atom stereocenters. The minimum atomic E-state index is 0.651.